The minimum absolute atomic E-state index is 0.300. The summed E-state index contributed by atoms with van der Waals surface area (Å²) < 4.78 is 0. The molecule has 0 radical (unpaired) electrons. The van der Waals surface area contributed by atoms with Gasteiger partial charge in [0, 0.05) is 12.2 Å². The molecule has 0 atom stereocenters. The van der Waals surface area contributed by atoms with Crippen LogP contribution in [0.1, 0.15) is 20.7 Å². The number of carboxylic acids is 2. The summed E-state index contributed by atoms with van der Waals surface area (Å²) in [6, 6.07) is 6.74. The van der Waals surface area contributed by atoms with E-state index in [1.807, 2.05) is 0 Å². The Morgan fingerprint density at radius 1 is 0.895 bits per heavy atom. The van der Waals surface area contributed by atoms with E-state index in [0.717, 1.165) is 0 Å². The van der Waals surface area contributed by atoms with Crippen molar-refractivity contribution >= 4 is 23.8 Å². The summed E-state index contributed by atoms with van der Waals surface area (Å²) in [4.78, 5) is 41.0. The standard InChI is InChI=1S/C8H5NO2.C4H4O4/c10-7-5-3-1-2-4-6(5)8(11)9-7;5-3(6)1-2-4(7)8/h1-4H,(H,9,10,11);1-2H,(H,5,6)(H,7,8). The van der Waals surface area contributed by atoms with Gasteiger partial charge in [0.1, 0.15) is 0 Å². The number of amides is 2. The van der Waals surface area contributed by atoms with E-state index >= 15 is 0 Å². The van der Waals surface area contributed by atoms with Crippen molar-refractivity contribution in [3.05, 3.63) is 47.5 Å². The predicted molar refractivity (Wildman–Crippen MR) is 62.7 cm³/mol. The number of hydrogen-bond acceptors (Lipinski definition) is 4. The lowest BCUT2D eigenvalue weighted by atomic mass is 10.1. The molecule has 0 fully saturated rings. The zero-order valence-corrected chi connectivity index (χ0v) is 9.49. The zero-order chi connectivity index (χ0) is 14.4. The van der Waals surface area contributed by atoms with Crippen LogP contribution in [0.3, 0.4) is 0 Å². The maximum absolute atomic E-state index is 10.9. The molecule has 0 aromatic heterocycles. The lowest BCUT2D eigenvalue weighted by Crippen LogP contribution is -2.19. The highest BCUT2D eigenvalue weighted by molar-refractivity contribution is 6.21. The Morgan fingerprint density at radius 3 is 1.58 bits per heavy atom. The van der Waals surface area contributed by atoms with Crippen LogP contribution in [0, 0.1) is 0 Å². The van der Waals surface area contributed by atoms with Crippen LogP contribution in [0.25, 0.3) is 0 Å². The van der Waals surface area contributed by atoms with Crippen molar-refractivity contribution in [3.8, 4) is 0 Å². The van der Waals surface area contributed by atoms with E-state index in [1.165, 1.54) is 0 Å². The fourth-order valence-electron chi connectivity index (χ4n) is 1.26. The Hall–Kier alpha value is -2.96. The SMILES string of the molecule is O=C(O)C=CC(=O)O.O=C1NC(=O)c2ccccc21. The number of aliphatic carboxylic acids is 2. The van der Waals surface area contributed by atoms with E-state index in [9.17, 15) is 19.2 Å². The third kappa shape index (κ3) is 4.08. The van der Waals surface area contributed by atoms with Crippen molar-refractivity contribution in [3.63, 3.8) is 0 Å². The number of benzene rings is 1. The molecule has 0 saturated carbocycles. The van der Waals surface area contributed by atoms with Crippen LogP contribution in [-0.2, 0) is 9.59 Å². The van der Waals surface area contributed by atoms with Crippen LogP contribution >= 0.6 is 0 Å². The first-order valence-electron chi connectivity index (χ1n) is 5.00. The van der Waals surface area contributed by atoms with Crippen molar-refractivity contribution < 1.29 is 29.4 Å². The largest absolute Gasteiger partial charge is 0.478 e. The molecule has 0 bridgehead atoms. The van der Waals surface area contributed by atoms with E-state index in [2.05, 4.69) is 5.32 Å². The van der Waals surface area contributed by atoms with Crippen LogP contribution in [0.5, 0.6) is 0 Å². The van der Waals surface area contributed by atoms with Gasteiger partial charge < -0.3 is 10.2 Å². The first-order chi connectivity index (χ1) is 8.91. The molecule has 1 aromatic carbocycles. The van der Waals surface area contributed by atoms with Crippen LogP contribution in [0.4, 0.5) is 0 Å². The highest BCUT2D eigenvalue weighted by atomic mass is 16.4. The topological polar surface area (TPSA) is 121 Å². The van der Waals surface area contributed by atoms with E-state index < -0.39 is 11.9 Å². The van der Waals surface area contributed by atoms with Crippen LogP contribution < -0.4 is 5.32 Å². The van der Waals surface area contributed by atoms with Gasteiger partial charge in [0.15, 0.2) is 0 Å². The summed E-state index contributed by atoms with van der Waals surface area (Å²) in [6.45, 7) is 0. The molecule has 2 rings (SSSR count). The predicted octanol–water partition coefficient (Wildman–Crippen LogP) is 0.282. The Morgan fingerprint density at radius 2 is 1.26 bits per heavy atom. The molecule has 19 heavy (non-hydrogen) atoms. The third-order valence-electron chi connectivity index (χ3n) is 2.01. The summed E-state index contributed by atoms with van der Waals surface area (Å²) in [5.41, 5.74) is 0.940. The number of carbonyl (C=O) groups is 4. The lowest BCUT2D eigenvalue weighted by molar-refractivity contribution is -0.134. The molecular formula is C12H9NO6. The lowest BCUT2D eigenvalue weighted by Gasteiger charge is -1.88. The van der Waals surface area contributed by atoms with Gasteiger partial charge in [0.05, 0.1) is 11.1 Å². The summed E-state index contributed by atoms with van der Waals surface area (Å²) in [7, 11) is 0. The van der Waals surface area contributed by atoms with Crippen LogP contribution in [-0.4, -0.2) is 34.0 Å². The maximum atomic E-state index is 10.9. The van der Waals surface area contributed by atoms with Gasteiger partial charge in [-0.3, -0.25) is 14.9 Å². The van der Waals surface area contributed by atoms with E-state index in [4.69, 9.17) is 10.2 Å². The number of rotatable bonds is 2. The van der Waals surface area contributed by atoms with Gasteiger partial charge in [-0.1, -0.05) is 12.1 Å². The first kappa shape index (κ1) is 14.1. The van der Waals surface area contributed by atoms with Gasteiger partial charge in [-0.15, -0.1) is 0 Å². The average Bonchev–Trinajstić information content (AvgIpc) is 2.64. The number of carbonyl (C=O) groups excluding carboxylic acids is 2. The van der Waals surface area contributed by atoms with Gasteiger partial charge in [0.25, 0.3) is 11.8 Å². The van der Waals surface area contributed by atoms with Crippen molar-refractivity contribution in [2.45, 2.75) is 0 Å². The molecule has 2 amide bonds. The number of carboxylic acid groups (broad SMARTS) is 2. The molecule has 7 heteroatoms. The van der Waals surface area contributed by atoms with Crippen LogP contribution in [0.15, 0.2) is 36.4 Å². The summed E-state index contributed by atoms with van der Waals surface area (Å²) in [6.07, 6.45) is 1.12. The van der Waals surface area contributed by atoms with E-state index in [0.29, 0.717) is 23.3 Å². The molecule has 1 heterocycles. The molecule has 3 N–H and O–H groups in total. The highest BCUT2D eigenvalue weighted by Crippen LogP contribution is 2.13. The summed E-state index contributed by atoms with van der Waals surface area (Å²) >= 11 is 0. The van der Waals surface area contributed by atoms with E-state index in [1.54, 1.807) is 24.3 Å². The molecule has 1 aromatic rings. The number of imide groups is 1. The molecule has 0 aliphatic carbocycles. The molecule has 7 nitrogen and oxygen atoms in total. The molecule has 98 valence electrons. The quantitative estimate of drug-likeness (QED) is 0.520. The number of nitrogens with one attached hydrogen (secondary N) is 1. The summed E-state index contributed by atoms with van der Waals surface area (Å²) in [5.74, 6) is -3.11. The van der Waals surface area contributed by atoms with Crippen LogP contribution in [0.2, 0.25) is 0 Å². The molecule has 0 unspecified atom stereocenters. The van der Waals surface area contributed by atoms with Gasteiger partial charge >= 0.3 is 11.9 Å². The molecule has 0 saturated heterocycles. The molecular weight excluding hydrogens is 254 g/mol. The Kier molecular flexibility index (Phi) is 4.53. The highest BCUT2D eigenvalue weighted by Gasteiger charge is 2.25. The van der Waals surface area contributed by atoms with Gasteiger partial charge in [-0.05, 0) is 12.1 Å². The zero-order valence-electron chi connectivity index (χ0n) is 9.49. The van der Waals surface area contributed by atoms with E-state index in [-0.39, 0.29) is 11.8 Å². The average molecular weight is 263 g/mol. The van der Waals surface area contributed by atoms with Gasteiger partial charge in [-0.2, -0.15) is 0 Å². The van der Waals surface area contributed by atoms with Crippen molar-refractivity contribution in [1.29, 1.82) is 0 Å². The monoisotopic (exact) mass is 263 g/mol. The molecule has 1 aliphatic rings. The second kappa shape index (κ2) is 6.10. The third-order valence-corrected chi connectivity index (χ3v) is 2.01. The smallest absolute Gasteiger partial charge is 0.328 e. The minimum atomic E-state index is -1.26. The fraction of sp³-hybridized carbons (Fsp3) is 0. The van der Waals surface area contributed by atoms with Gasteiger partial charge in [0.2, 0.25) is 0 Å². The second-order valence-electron chi connectivity index (χ2n) is 3.34. The van der Waals surface area contributed by atoms with Crippen molar-refractivity contribution in [1.82, 2.24) is 5.32 Å². The Balaban J connectivity index is 0.000000203. The minimum Gasteiger partial charge on any atom is -0.478 e. The van der Waals surface area contributed by atoms with Gasteiger partial charge in [-0.25, -0.2) is 9.59 Å². The summed E-state index contributed by atoms with van der Waals surface area (Å²) in [5, 5.41) is 17.8. The molecule has 1 aliphatic heterocycles. The number of hydrogen-bond donors (Lipinski definition) is 3. The second-order valence-corrected chi connectivity index (χ2v) is 3.34. The fourth-order valence-corrected chi connectivity index (χ4v) is 1.26. The van der Waals surface area contributed by atoms with Crippen molar-refractivity contribution in [2.24, 2.45) is 0 Å². The normalized spacial score (nSPS) is 12.4. The van der Waals surface area contributed by atoms with Crippen molar-refractivity contribution in [2.75, 3.05) is 0 Å². The Labute approximate surface area is 107 Å². The first-order valence-corrected chi connectivity index (χ1v) is 5.00. The maximum Gasteiger partial charge on any atom is 0.328 e. The number of fused-ring (bicyclic) bond motifs is 1. The molecule has 0 spiro atoms. The Bertz CT molecular complexity index is 526.